The van der Waals surface area contributed by atoms with E-state index in [0.717, 1.165) is 53.3 Å². The molecule has 5 rings (SSSR count). The number of hydrogen-bond donors (Lipinski definition) is 1. The van der Waals surface area contributed by atoms with Crippen LogP contribution in [0.2, 0.25) is 5.15 Å². The maximum Gasteiger partial charge on any atom is 0.254 e. The number of carbonyl (C=O) groups is 1. The monoisotopic (exact) mass is 448 g/mol. The number of halogens is 1. The lowest BCUT2D eigenvalue weighted by Crippen LogP contribution is -2.55. The van der Waals surface area contributed by atoms with E-state index in [-0.39, 0.29) is 17.4 Å². The van der Waals surface area contributed by atoms with Crippen molar-refractivity contribution in [1.82, 2.24) is 9.88 Å². The molecule has 166 valence electrons. The Labute approximate surface area is 194 Å². The maximum absolute atomic E-state index is 13.8. The van der Waals surface area contributed by atoms with Crippen LogP contribution in [0.3, 0.4) is 0 Å². The van der Waals surface area contributed by atoms with E-state index in [1.165, 1.54) is 5.39 Å². The van der Waals surface area contributed by atoms with E-state index in [1.54, 1.807) is 12.3 Å². The molecule has 1 amide bonds. The van der Waals surface area contributed by atoms with Crippen molar-refractivity contribution in [3.05, 3.63) is 76.1 Å². The van der Waals surface area contributed by atoms with Crippen molar-refractivity contribution in [2.24, 2.45) is 0 Å². The fourth-order valence-corrected chi connectivity index (χ4v) is 5.79. The third-order valence-corrected chi connectivity index (χ3v) is 7.36. The summed E-state index contributed by atoms with van der Waals surface area (Å²) in [5.74, 6) is 0.0477. The van der Waals surface area contributed by atoms with Gasteiger partial charge in [0.2, 0.25) is 0 Å². The summed E-state index contributed by atoms with van der Waals surface area (Å²) < 4.78 is 0. The zero-order valence-corrected chi connectivity index (χ0v) is 19.4. The molecule has 4 nitrogen and oxygen atoms in total. The zero-order chi connectivity index (χ0) is 22.5. The predicted octanol–water partition coefficient (Wildman–Crippen LogP) is 5.52. The maximum atomic E-state index is 13.8. The van der Waals surface area contributed by atoms with E-state index in [0.29, 0.717) is 18.1 Å². The largest absolute Gasteiger partial charge is 0.391 e. The lowest BCUT2D eigenvalue weighted by molar-refractivity contribution is 0.00869. The molecule has 1 aliphatic heterocycles. The molecule has 0 radical (unpaired) electrons. The van der Waals surface area contributed by atoms with Crippen LogP contribution in [0, 0.1) is 0 Å². The number of nitrogens with zero attached hydrogens (tertiary/aromatic N) is 2. The number of aliphatic hydroxyl groups is 1. The highest BCUT2D eigenvalue weighted by Crippen LogP contribution is 2.42. The van der Waals surface area contributed by atoms with Gasteiger partial charge in [0.25, 0.3) is 5.91 Å². The predicted molar refractivity (Wildman–Crippen MR) is 128 cm³/mol. The van der Waals surface area contributed by atoms with Gasteiger partial charge in [-0.05, 0) is 58.9 Å². The van der Waals surface area contributed by atoms with Gasteiger partial charge in [0.1, 0.15) is 5.15 Å². The highest BCUT2D eigenvalue weighted by atomic mass is 35.5. The van der Waals surface area contributed by atoms with E-state index in [4.69, 9.17) is 11.6 Å². The minimum absolute atomic E-state index is 0.0477. The molecule has 2 aliphatic rings. The zero-order valence-electron chi connectivity index (χ0n) is 18.6. The lowest BCUT2D eigenvalue weighted by Gasteiger charge is -2.46. The number of aliphatic hydroxyl groups excluding tert-OH is 1. The van der Waals surface area contributed by atoms with E-state index in [9.17, 15) is 9.90 Å². The van der Waals surface area contributed by atoms with E-state index < -0.39 is 6.10 Å². The SMILES string of the molecule is CC1(C)CN(C2CCCC[C@@H]2O)C(=O)c2cc(Cc3ccc(Cl)nc3)c3ccccc3c21. The highest BCUT2D eigenvalue weighted by molar-refractivity contribution is 6.29. The van der Waals surface area contributed by atoms with E-state index in [1.807, 2.05) is 17.0 Å². The van der Waals surface area contributed by atoms with Crippen molar-refractivity contribution in [3.8, 4) is 0 Å². The second-order valence-corrected chi connectivity index (χ2v) is 10.3. The van der Waals surface area contributed by atoms with Gasteiger partial charge in [-0.25, -0.2) is 4.98 Å². The summed E-state index contributed by atoms with van der Waals surface area (Å²) in [7, 11) is 0. The molecule has 0 spiro atoms. The van der Waals surface area contributed by atoms with Gasteiger partial charge in [-0.1, -0.05) is 68.6 Å². The molecule has 2 heterocycles. The topological polar surface area (TPSA) is 53.4 Å². The van der Waals surface area contributed by atoms with Crippen LogP contribution in [0.5, 0.6) is 0 Å². The van der Waals surface area contributed by atoms with Crippen molar-refractivity contribution in [2.45, 2.75) is 63.5 Å². The normalized spacial score (nSPS) is 22.8. The first kappa shape index (κ1) is 21.4. The number of carbonyl (C=O) groups excluding carboxylic acids is 1. The number of fused-ring (bicyclic) bond motifs is 3. The molecule has 1 aliphatic carbocycles. The molecule has 3 aromatic rings. The Morgan fingerprint density at radius 3 is 2.59 bits per heavy atom. The molecular formula is C27H29ClN2O2. The molecule has 1 N–H and O–H groups in total. The number of hydrogen-bond acceptors (Lipinski definition) is 3. The Bertz CT molecular complexity index is 1170. The quantitative estimate of drug-likeness (QED) is 0.537. The Morgan fingerprint density at radius 2 is 1.88 bits per heavy atom. The van der Waals surface area contributed by atoms with Crippen molar-refractivity contribution in [1.29, 1.82) is 0 Å². The number of amides is 1. The van der Waals surface area contributed by atoms with E-state index >= 15 is 0 Å². The van der Waals surface area contributed by atoms with Crippen molar-refractivity contribution in [3.63, 3.8) is 0 Å². The first-order valence-electron chi connectivity index (χ1n) is 11.5. The van der Waals surface area contributed by atoms with Crippen molar-refractivity contribution < 1.29 is 9.90 Å². The van der Waals surface area contributed by atoms with Gasteiger partial charge in [0, 0.05) is 23.7 Å². The molecule has 0 bridgehead atoms. The van der Waals surface area contributed by atoms with Crippen LogP contribution < -0.4 is 0 Å². The van der Waals surface area contributed by atoms with Crippen LogP contribution >= 0.6 is 11.6 Å². The van der Waals surface area contributed by atoms with Gasteiger partial charge in [0.15, 0.2) is 0 Å². The van der Waals surface area contributed by atoms with Crippen LogP contribution in [0.4, 0.5) is 0 Å². The molecule has 5 heteroatoms. The third kappa shape index (κ3) is 3.70. The van der Waals surface area contributed by atoms with Crippen LogP contribution in [0.15, 0.2) is 48.7 Å². The van der Waals surface area contributed by atoms with Gasteiger partial charge in [-0.2, -0.15) is 0 Å². The van der Waals surface area contributed by atoms with Gasteiger partial charge in [0.05, 0.1) is 12.1 Å². The third-order valence-electron chi connectivity index (χ3n) is 7.14. The second kappa shape index (κ2) is 8.17. The van der Waals surface area contributed by atoms with Gasteiger partial charge < -0.3 is 10.0 Å². The van der Waals surface area contributed by atoms with Gasteiger partial charge in [-0.3, -0.25) is 4.79 Å². The molecule has 1 unspecified atom stereocenters. The van der Waals surface area contributed by atoms with Crippen LogP contribution in [-0.2, 0) is 11.8 Å². The summed E-state index contributed by atoms with van der Waals surface area (Å²) in [6, 6.07) is 14.2. The highest BCUT2D eigenvalue weighted by Gasteiger charge is 2.43. The summed E-state index contributed by atoms with van der Waals surface area (Å²) in [4.78, 5) is 20.0. The number of aromatic nitrogens is 1. The van der Waals surface area contributed by atoms with Gasteiger partial charge >= 0.3 is 0 Å². The second-order valence-electron chi connectivity index (χ2n) is 9.91. The van der Waals surface area contributed by atoms with Crippen LogP contribution in [0.1, 0.15) is 66.6 Å². The smallest absolute Gasteiger partial charge is 0.254 e. The molecule has 1 fully saturated rings. The number of rotatable bonds is 3. The molecule has 0 saturated heterocycles. The standard InChI is InChI=1S/C27H29ClN2O2/c1-27(2)16-30(22-9-5-6-10-23(22)31)26(32)21-14-18(13-17-11-12-24(28)29-15-17)19-7-3-4-8-20(19)25(21)27/h3-4,7-8,11-12,14-15,22-23,31H,5-6,9-10,13,16H2,1-2H3/t22?,23-/m0/s1. The fraction of sp³-hybridized carbons (Fsp3) is 0.407. The molecule has 32 heavy (non-hydrogen) atoms. The lowest BCUT2D eigenvalue weighted by atomic mass is 9.73. The molecule has 2 atom stereocenters. The first-order chi connectivity index (χ1) is 15.3. The average molecular weight is 449 g/mol. The van der Waals surface area contributed by atoms with Gasteiger partial charge in [-0.15, -0.1) is 0 Å². The Hall–Kier alpha value is -2.43. The molecule has 1 aromatic heterocycles. The number of benzene rings is 2. The molecule has 1 saturated carbocycles. The number of pyridine rings is 1. The fourth-order valence-electron chi connectivity index (χ4n) is 5.68. The summed E-state index contributed by atoms with van der Waals surface area (Å²) >= 11 is 5.97. The van der Waals surface area contributed by atoms with Crippen molar-refractivity contribution in [2.75, 3.05) is 6.54 Å². The van der Waals surface area contributed by atoms with E-state index in [2.05, 4.69) is 43.1 Å². The minimum atomic E-state index is -0.440. The molecular weight excluding hydrogens is 420 g/mol. The first-order valence-corrected chi connectivity index (χ1v) is 11.9. The summed E-state index contributed by atoms with van der Waals surface area (Å²) in [6.07, 6.45) is 5.77. The average Bonchev–Trinajstić information content (AvgIpc) is 2.78. The van der Waals surface area contributed by atoms with Crippen LogP contribution in [-0.4, -0.2) is 39.6 Å². The Kier molecular flexibility index (Phi) is 5.47. The summed E-state index contributed by atoms with van der Waals surface area (Å²) in [5.41, 5.74) is 3.85. The Balaban J connectivity index is 1.65. The van der Waals surface area contributed by atoms with Crippen molar-refractivity contribution >= 4 is 28.3 Å². The minimum Gasteiger partial charge on any atom is -0.391 e. The summed E-state index contributed by atoms with van der Waals surface area (Å²) in [5, 5.41) is 13.5. The van der Waals surface area contributed by atoms with Crippen LogP contribution in [0.25, 0.3) is 10.8 Å². The summed E-state index contributed by atoms with van der Waals surface area (Å²) in [6.45, 7) is 5.07. The Morgan fingerprint density at radius 1 is 1.12 bits per heavy atom. The molecule has 2 aromatic carbocycles.